The number of benzene rings is 1. The van der Waals surface area contributed by atoms with Gasteiger partial charge in [0.25, 0.3) is 0 Å². The molecule has 0 bridgehead atoms. The van der Waals surface area contributed by atoms with Gasteiger partial charge in [-0.1, -0.05) is 22.9 Å². The average molecular weight is 314 g/mol. The first-order chi connectivity index (χ1) is 8.42. The molecule has 0 amide bonds. The fourth-order valence-electron chi connectivity index (χ4n) is 2.22. The number of nitrogen functional groups attached to an aromatic ring is 1. The Morgan fingerprint density at radius 1 is 1.28 bits per heavy atom. The smallest absolute Gasteiger partial charge is 0.0328 e. The Bertz CT molecular complexity index is 359. The van der Waals surface area contributed by atoms with Gasteiger partial charge in [0.05, 0.1) is 0 Å². The Morgan fingerprint density at radius 3 is 2.44 bits per heavy atom. The molecule has 0 aliphatic rings. The molecule has 2 N–H and O–H groups in total. The molecule has 0 saturated heterocycles. The van der Waals surface area contributed by atoms with E-state index >= 15 is 0 Å². The molecule has 0 spiro atoms. The second kappa shape index (κ2) is 7.12. The fourth-order valence-corrected chi connectivity index (χ4v) is 2.78. The summed E-state index contributed by atoms with van der Waals surface area (Å²) < 4.78 is 1.05. The van der Waals surface area contributed by atoms with Crippen molar-refractivity contribution in [3.05, 3.63) is 28.2 Å². The van der Waals surface area contributed by atoms with Gasteiger partial charge >= 0.3 is 0 Å². The van der Waals surface area contributed by atoms with Gasteiger partial charge in [0.1, 0.15) is 0 Å². The number of nitrogens with two attached hydrogens (primary N) is 1. The van der Waals surface area contributed by atoms with Crippen LogP contribution in [0.2, 0.25) is 0 Å². The largest absolute Gasteiger partial charge is 0.399 e. The van der Waals surface area contributed by atoms with Gasteiger partial charge in [-0.15, -0.1) is 0 Å². The summed E-state index contributed by atoms with van der Waals surface area (Å²) in [6, 6.07) is 6.66. The highest BCUT2D eigenvalue weighted by molar-refractivity contribution is 9.10. The SMILES string of the molecule is CCN(Cc1cc(N)cc(Br)c1)C(C)CN(C)C. The first-order valence-electron chi connectivity index (χ1n) is 6.36. The Balaban J connectivity index is 2.72. The molecule has 1 aromatic carbocycles. The quantitative estimate of drug-likeness (QED) is 0.820. The standard InChI is InChI=1S/C14H24BrN3/c1-5-18(11(2)9-17(3)4)10-12-6-13(15)8-14(16)7-12/h6-8,11H,5,9-10,16H2,1-4H3. The van der Waals surface area contributed by atoms with Crippen molar-refractivity contribution >= 4 is 21.6 Å². The van der Waals surface area contributed by atoms with Gasteiger partial charge in [0, 0.05) is 29.3 Å². The lowest BCUT2D eigenvalue weighted by Crippen LogP contribution is -2.39. The maximum atomic E-state index is 5.88. The minimum atomic E-state index is 0.533. The van der Waals surface area contributed by atoms with Crippen molar-refractivity contribution < 1.29 is 0 Å². The predicted molar refractivity (Wildman–Crippen MR) is 82.7 cm³/mol. The predicted octanol–water partition coefficient (Wildman–Crippen LogP) is 2.80. The van der Waals surface area contributed by atoms with Crippen LogP contribution in [0.1, 0.15) is 19.4 Å². The van der Waals surface area contributed by atoms with Crippen LogP contribution in [0.4, 0.5) is 5.69 Å². The number of hydrogen-bond acceptors (Lipinski definition) is 3. The molecule has 0 radical (unpaired) electrons. The van der Waals surface area contributed by atoms with Crippen LogP contribution in [0.25, 0.3) is 0 Å². The van der Waals surface area contributed by atoms with Gasteiger partial charge in [-0.25, -0.2) is 0 Å². The Labute approximate surface area is 119 Å². The third kappa shape index (κ3) is 4.96. The van der Waals surface area contributed by atoms with Crippen molar-refractivity contribution in [2.24, 2.45) is 0 Å². The molecule has 0 fully saturated rings. The lowest BCUT2D eigenvalue weighted by molar-refractivity contribution is 0.174. The van der Waals surface area contributed by atoms with Crippen molar-refractivity contribution in [3.63, 3.8) is 0 Å². The monoisotopic (exact) mass is 313 g/mol. The third-order valence-corrected chi connectivity index (χ3v) is 3.48. The molecule has 1 rings (SSSR count). The number of likely N-dealkylation sites (N-methyl/N-ethyl adjacent to an activating group) is 2. The number of anilines is 1. The second-order valence-corrected chi connectivity index (χ2v) is 5.98. The topological polar surface area (TPSA) is 32.5 Å². The van der Waals surface area contributed by atoms with Crippen LogP contribution in [-0.4, -0.2) is 43.0 Å². The first kappa shape index (κ1) is 15.5. The maximum Gasteiger partial charge on any atom is 0.0328 e. The van der Waals surface area contributed by atoms with E-state index in [1.54, 1.807) is 0 Å². The van der Waals surface area contributed by atoms with E-state index in [-0.39, 0.29) is 0 Å². The molecule has 0 aliphatic heterocycles. The number of nitrogens with zero attached hydrogens (tertiary/aromatic N) is 2. The molecule has 0 aliphatic carbocycles. The molecular formula is C14H24BrN3. The molecule has 4 heteroatoms. The zero-order chi connectivity index (χ0) is 13.7. The Kier molecular flexibility index (Phi) is 6.12. The highest BCUT2D eigenvalue weighted by Gasteiger charge is 2.13. The van der Waals surface area contributed by atoms with Gasteiger partial charge in [-0.2, -0.15) is 0 Å². The summed E-state index contributed by atoms with van der Waals surface area (Å²) in [7, 11) is 4.23. The van der Waals surface area contributed by atoms with Crippen LogP contribution >= 0.6 is 15.9 Å². The number of rotatable bonds is 6. The lowest BCUT2D eigenvalue weighted by atomic mass is 10.1. The van der Waals surface area contributed by atoms with E-state index in [0.717, 1.165) is 29.8 Å². The molecule has 18 heavy (non-hydrogen) atoms. The molecule has 0 heterocycles. The third-order valence-electron chi connectivity index (χ3n) is 3.02. The van der Waals surface area contributed by atoms with Crippen LogP contribution in [0, 0.1) is 0 Å². The molecule has 0 aromatic heterocycles. The van der Waals surface area contributed by atoms with Crippen LogP contribution in [0.5, 0.6) is 0 Å². The Morgan fingerprint density at radius 2 is 1.94 bits per heavy atom. The minimum Gasteiger partial charge on any atom is -0.399 e. The van der Waals surface area contributed by atoms with E-state index < -0.39 is 0 Å². The first-order valence-corrected chi connectivity index (χ1v) is 7.15. The lowest BCUT2D eigenvalue weighted by Gasteiger charge is -2.30. The van der Waals surface area contributed by atoms with E-state index in [4.69, 9.17) is 5.73 Å². The van der Waals surface area contributed by atoms with E-state index in [1.807, 2.05) is 6.07 Å². The fraction of sp³-hybridized carbons (Fsp3) is 0.571. The normalized spacial score (nSPS) is 13.3. The minimum absolute atomic E-state index is 0.533. The molecular weight excluding hydrogens is 290 g/mol. The van der Waals surface area contributed by atoms with Crippen LogP contribution < -0.4 is 5.73 Å². The summed E-state index contributed by atoms with van der Waals surface area (Å²) in [5, 5.41) is 0. The Hall–Kier alpha value is -0.580. The van der Waals surface area contributed by atoms with E-state index in [1.165, 1.54) is 5.56 Å². The van der Waals surface area contributed by atoms with Gasteiger partial charge in [0.15, 0.2) is 0 Å². The van der Waals surface area contributed by atoms with Gasteiger partial charge in [0.2, 0.25) is 0 Å². The average Bonchev–Trinajstić information content (AvgIpc) is 2.23. The van der Waals surface area contributed by atoms with Crippen molar-refractivity contribution in [1.29, 1.82) is 0 Å². The molecule has 1 atom stereocenters. The van der Waals surface area contributed by atoms with Crippen LogP contribution in [-0.2, 0) is 6.54 Å². The van der Waals surface area contributed by atoms with Crippen LogP contribution in [0.3, 0.4) is 0 Å². The molecule has 102 valence electrons. The second-order valence-electron chi connectivity index (χ2n) is 5.07. The zero-order valence-corrected chi connectivity index (χ0v) is 13.4. The van der Waals surface area contributed by atoms with Crippen molar-refractivity contribution in [2.45, 2.75) is 26.4 Å². The number of halogens is 1. The maximum absolute atomic E-state index is 5.88. The highest BCUT2D eigenvalue weighted by Crippen LogP contribution is 2.19. The summed E-state index contributed by atoms with van der Waals surface area (Å²) in [5.74, 6) is 0. The van der Waals surface area contributed by atoms with Gasteiger partial charge in [-0.05, 0) is 51.3 Å². The van der Waals surface area contributed by atoms with Crippen molar-refractivity contribution in [2.75, 3.05) is 32.9 Å². The van der Waals surface area contributed by atoms with Gasteiger partial charge < -0.3 is 10.6 Å². The van der Waals surface area contributed by atoms with Crippen molar-refractivity contribution in [1.82, 2.24) is 9.80 Å². The molecule has 1 unspecified atom stereocenters. The van der Waals surface area contributed by atoms with Gasteiger partial charge in [-0.3, -0.25) is 4.90 Å². The van der Waals surface area contributed by atoms with E-state index in [0.29, 0.717) is 6.04 Å². The summed E-state index contributed by atoms with van der Waals surface area (Å²) in [5.41, 5.74) is 7.95. The highest BCUT2D eigenvalue weighted by atomic mass is 79.9. The van der Waals surface area contributed by atoms with E-state index in [2.05, 4.69) is 65.8 Å². The molecule has 1 aromatic rings. The summed E-state index contributed by atoms with van der Waals surface area (Å²) >= 11 is 3.50. The molecule has 3 nitrogen and oxygen atoms in total. The summed E-state index contributed by atoms with van der Waals surface area (Å²) in [6.07, 6.45) is 0. The summed E-state index contributed by atoms with van der Waals surface area (Å²) in [4.78, 5) is 4.68. The van der Waals surface area contributed by atoms with E-state index in [9.17, 15) is 0 Å². The zero-order valence-electron chi connectivity index (χ0n) is 11.8. The van der Waals surface area contributed by atoms with Crippen LogP contribution in [0.15, 0.2) is 22.7 Å². The summed E-state index contributed by atoms with van der Waals surface area (Å²) in [6.45, 7) is 7.52. The van der Waals surface area contributed by atoms with Crippen molar-refractivity contribution in [3.8, 4) is 0 Å². The molecule has 0 saturated carbocycles. The number of hydrogen-bond donors (Lipinski definition) is 1.